The standard InChI is InChI=1S/C31H30Cl3NO8/c32-25-10-4-22(5-11-25)28(36)41-19-1-16-31(35(39)40,17-2-20-42-29(37)23-6-12-26(33)13-7-23)18-3-21-43-30(38)24-8-14-27(34)15-9-24/h4-15H,1-3,16-21H2. The lowest BCUT2D eigenvalue weighted by Gasteiger charge is -2.25. The van der Waals surface area contributed by atoms with Crippen LogP contribution in [0.4, 0.5) is 0 Å². The van der Waals surface area contributed by atoms with Gasteiger partial charge in [-0.25, -0.2) is 14.4 Å². The molecular formula is C31H30Cl3NO8. The molecule has 12 heteroatoms. The first kappa shape index (κ1) is 33.8. The average Bonchev–Trinajstić information content (AvgIpc) is 2.99. The molecule has 0 radical (unpaired) electrons. The van der Waals surface area contributed by atoms with E-state index in [2.05, 4.69) is 0 Å². The Labute approximate surface area is 264 Å². The number of nitrogens with zero attached hydrogens (tertiary/aromatic N) is 1. The third-order valence-electron chi connectivity index (χ3n) is 6.69. The van der Waals surface area contributed by atoms with Gasteiger partial charge in [-0.05, 0) is 92.1 Å². The van der Waals surface area contributed by atoms with Crippen molar-refractivity contribution in [3.05, 3.63) is 115 Å². The van der Waals surface area contributed by atoms with Gasteiger partial charge >= 0.3 is 17.9 Å². The highest BCUT2D eigenvalue weighted by Crippen LogP contribution is 2.30. The van der Waals surface area contributed by atoms with Crippen LogP contribution in [0.1, 0.15) is 69.6 Å². The number of esters is 3. The maximum absolute atomic E-state index is 12.4. The number of ether oxygens (including phenoxy) is 3. The first-order valence-electron chi connectivity index (χ1n) is 13.5. The molecule has 0 atom stereocenters. The van der Waals surface area contributed by atoms with Crippen LogP contribution in [0.5, 0.6) is 0 Å². The molecule has 0 spiro atoms. The smallest absolute Gasteiger partial charge is 0.338 e. The minimum absolute atomic E-state index is 0.0336. The zero-order valence-electron chi connectivity index (χ0n) is 23.1. The first-order valence-corrected chi connectivity index (χ1v) is 14.7. The Hall–Kier alpha value is -3.66. The van der Waals surface area contributed by atoms with E-state index in [9.17, 15) is 24.5 Å². The highest BCUT2D eigenvalue weighted by atomic mass is 35.5. The second-order valence-corrected chi connectivity index (χ2v) is 11.0. The van der Waals surface area contributed by atoms with E-state index in [0.29, 0.717) is 31.8 Å². The van der Waals surface area contributed by atoms with Crippen molar-refractivity contribution in [3.63, 3.8) is 0 Å². The van der Waals surface area contributed by atoms with Gasteiger partial charge in [-0.1, -0.05) is 34.8 Å². The summed E-state index contributed by atoms with van der Waals surface area (Å²) in [6.45, 7) is -0.101. The molecule has 9 nitrogen and oxygen atoms in total. The number of hydrogen-bond acceptors (Lipinski definition) is 8. The summed E-state index contributed by atoms with van der Waals surface area (Å²) in [5.74, 6) is -1.69. The van der Waals surface area contributed by atoms with Crippen molar-refractivity contribution in [3.8, 4) is 0 Å². The Morgan fingerprint density at radius 3 is 1.05 bits per heavy atom. The van der Waals surface area contributed by atoms with Crippen LogP contribution in [-0.4, -0.2) is 48.2 Å². The minimum atomic E-state index is -1.42. The van der Waals surface area contributed by atoms with E-state index in [-0.39, 0.29) is 63.3 Å². The molecule has 0 aliphatic carbocycles. The monoisotopic (exact) mass is 649 g/mol. The summed E-state index contributed by atoms with van der Waals surface area (Å²) in [5, 5.41) is 13.8. The molecule has 0 amide bonds. The van der Waals surface area contributed by atoms with Crippen molar-refractivity contribution in [2.24, 2.45) is 0 Å². The summed E-state index contributed by atoms with van der Waals surface area (Å²) in [4.78, 5) is 49.0. The number of benzene rings is 3. The van der Waals surface area contributed by atoms with Gasteiger partial charge in [0.2, 0.25) is 5.54 Å². The molecule has 0 aromatic heterocycles. The molecule has 0 fully saturated rings. The Bertz CT molecular complexity index is 1220. The molecular weight excluding hydrogens is 621 g/mol. The van der Waals surface area contributed by atoms with Gasteiger partial charge in [0.05, 0.1) is 36.5 Å². The Balaban J connectivity index is 1.57. The third kappa shape index (κ3) is 10.8. The summed E-state index contributed by atoms with van der Waals surface area (Å²) >= 11 is 17.6. The van der Waals surface area contributed by atoms with E-state index >= 15 is 0 Å². The van der Waals surface area contributed by atoms with E-state index < -0.39 is 23.4 Å². The predicted molar refractivity (Wildman–Crippen MR) is 163 cm³/mol. The number of hydrogen-bond donors (Lipinski definition) is 0. The lowest BCUT2D eigenvalue weighted by Crippen LogP contribution is -2.39. The quantitative estimate of drug-likeness (QED) is 0.0505. The number of halogens is 3. The Kier molecular flexibility index (Phi) is 13.3. The third-order valence-corrected chi connectivity index (χ3v) is 7.44. The van der Waals surface area contributed by atoms with Crippen molar-refractivity contribution >= 4 is 52.7 Å². The Morgan fingerprint density at radius 2 is 0.814 bits per heavy atom. The van der Waals surface area contributed by atoms with Crippen LogP contribution >= 0.6 is 34.8 Å². The molecule has 0 N–H and O–H groups in total. The van der Waals surface area contributed by atoms with Gasteiger partial charge in [-0.15, -0.1) is 0 Å². The lowest BCUT2D eigenvalue weighted by molar-refractivity contribution is -0.574. The van der Waals surface area contributed by atoms with Gasteiger partial charge in [0.25, 0.3) is 0 Å². The van der Waals surface area contributed by atoms with Crippen LogP contribution < -0.4 is 0 Å². The van der Waals surface area contributed by atoms with Crippen LogP contribution in [0.25, 0.3) is 0 Å². The van der Waals surface area contributed by atoms with Crippen LogP contribution in [0.3, 0.4) is 0 Å². The molecule has 0 saturated heterocycles. The van der Waals surface area contributed by atoms with Crippen LogP contribution in [-0.2, 0) is 14.2 Å². The summed E-state index contributed by atoms with van der Waals surface area (Å²) in [5.41, 5.74) is -0.480. The summed E-state index contributed by atoms with van der Waals surface area (Å²) in [6.07, 6.45) is 0.915. The second-order valence-electron chi connectivity index (χ2n) is 9.72. The van der Waals surface area contributed by atoms with Crippen molar-refractivity contribution in [2.45, 2.75) is 44.1 Å². The molecule has 0 unspecified atom stereocenters. The molecule has 228 valence electrons. The van der Waals surface area contributed by atoms with E-state index in [0.717, 1.165) is 0 Å². The van der Waals surface area contributed by atoms with E-state index in [1.807, 2.05) is 0 Å². The number of rotatable bonds is 16. The van der Waals surface area contributed by atoms with Crippen molar-refractivity contribution < 1.29 is 33.5 Å². The molecule has 0 heterocycles. The van der Waals surface area contributed by atoms with Gasteiger partial charge < -0.3 is 14.2 Å². The van der Waals surface area contributed by atoms with Gasteiger partial charge in [0.1, 0.15) is 0 Å². The summed E-state index contributed by atoms with van der Waals surface area (Å²) < 4.78 is 15.9. The zero-order valence-corrected chi connectivity index (χ0v) is 25.4. The van der Waals surface area contributed by atoms with Crippen molar-refractivity contribution in [1.29, 1.82) is 0 Å². The van der Waals surface area contributed by atoms with Gasteiger partial charge in [0, 0.05) is 39.3 Å². The highest BCUT2D eigenvalue weighted by Gasteiger charge is 2.41. The molecule has 3 rings (SSSR count). The average molecular weight is 651 g/mol. The van der Waals surface area contributed by atoms with E-state index in [4.69, 9.17) is 49.0 Å². The number of carbonyl (C=O) groups excluding carboxylic acids is 3. The van der Waals surface area contributed by atoms with Gasteiger partial charge in [-0.2, -0.15) is 0 Å². The molecule has 0 saturated carbocycles. The largest absolute Gasteiger partial charge is 0.462 e. The Morgan fingerprint density at radius 1 is 0.558 bits per heavy atom. The molecule has 3 aromatic rings. The van der Waals surface area contributed by atoms with Crippen molar-refractivity contribution in [2.75, 3.05) is 19.8 Å². The van der Waals surface area contributed by atoms with E-state index in [1.54, 1.807) is 36.4 Å². The first-order chi connectivity index (χ1) is 20.6. The maximum atomic E-state index is 12.4. The highest BCUT2D eigenvalue weighted by molar-refractivity contribution is 6.31. The molecule has 43 heavy (non-hydrogen) atoms. The number of carbonyl (C=O) groups is 3. The fourth-order valence-electron chi connectivity index (χ4n) is 4.36. The summed E-state index contributed by atoms with van der Waals surface area (Å²) in [6, 6.07) is 18.6. The zero-order chi connectivity index (χ0) is 31.2. The maximum Gasteiger partial charge on any atom is 0.338 e. The second kappa shape index (κ2) is 16.8. The fraction of sp³-hybridized carbons (Fsp3) is 0.323. The SMILES string of the molecule is O=C(OCCCC(CCCOC(=O)c1ccc(Cl)cc1)(CCCOC(=O)c1ccc(Cl)cc1)[N+](=O)[O-])c1ccc(Cl)cc1. The minimum Gasteiger partial charge on any atom is -0.462 e. The molecule has 0 bridgehead atoms. The normalized spacial score (nSPS) is 11.0. The van der Waals surface area contributed by atoms with Gasteiger partial charge in [0.15, 0.2) is 0 Å². The van der Waals surface area contributed by atoms with Crippen molar-refractivity contribution in [1.82, 2.24) is 0 Å². The summed E-state index contributed by atoms with van der Waals surface area (Å²) in [7, 11) is 0. The molecule has 0 aliphatic heterocycles. The number of nitro groups is 1. The lowest BCUT2D eigenvalue weighted by atomic mass is 9.84. The molecule has 3 aromatic carbocycles. The van der Waals surface area contributed by atoms with Crippen LogP contribution in [0.2, 0.25) is 15.1 Å². The topological polar surface area (TPSA) is 122 Å². The predicted octanol–water partition coefficient (Wildman–Crippen LogP) is 7.87. The van der Waals surface area contributed by atoms with E-state index in [1.165, 1.54) is 36.4 Å². The fourth-order valence-corrected chi connectivity index (χ4v) is 4.73. The van der Waals surface area contributed by atoms with Crippen LogP contribution in [0, 0.1) is 10.1 Å². The van der Waals surface area contributed by atoms with Gasteiger partial charge in [-0.3, -0.25) is 10.1 Å². The van der Waals surface area contributed by atoms with Crippen LogP contribution in [0.15, 0.2) is 72.8 Å². The molecule has 0 aliphatic rings.